The van der Waals surface area contributed by atoms with E-state index in [1.165, 1.54) is 4.68 Å². The Kier molecular flexibility index (Phi) is 4.34. The number of hydrogen-bond donors (Lipinski definition) is 0. The SMILES string of the molecule is CCOc1c(N(CC)CC)cnn(C)c1=O. The van der Waals surface area contributed by atoms with E-state index in [0.29, 0.717) is 12.4 Å². The number of aromatic nitrogens is 2. The first-order chi connectivity index (χ1) is 7.65. The highest BCUT2D eigenvalue weighted by molar-refractivity contribution is 5.55. The van der Waals surface area contributed by atoms with Gasteiger partial charge in [-0.15, -0.1) is 0 Å². The number of hydrogen-bond acceptors (Lipinski definition) is 4. The van der Waals surface area contributed by atoms with Crippen LogP contribution in [0.2, 0.25) is 0 Å². The summed E-state index contributed by atoms with van der Waals surface area (Å²) in [5.41, 5.74) is 0.584. The number of nitrogens with zero attached hydrogens (tertiary/aromatic N) is 3. The minimum atomic E-state index is -0.189. The molecule has 0 amide bonds. The van der Waals surface area contributed by atoms with Gasteiger partial charge in [-0.3, -0.25) is 4.79 Å². The Morgan fingerprint density at radius 2 is 2.00 bits per heavy atom. The number of anilines is 1. The first-order valence-electron chi connectivity index (χ1n) is 5.59. The second-order valence-corrected chi connectivity index (χ2v) is 3.39. The molecule has 0 bridgehead atoms. The Morgan fingerprint density at radius 1 is 1.38 bits per heavy atom. The van der Waals surface area contributed by atoms with Gasteiger partial charge in [0.25, 0.3) is 0 Å². The third kappa shape index (κ3) is 2.35. The van der Waals surface area contributed by atoms with Gasteiger partial charge in [0.05, 0.1) is 12.8 Å². The molecule has 0 spiro atoms. The van der Waals surface area contributed by atoms with Gasteiger partial charge in [0.15, 0.2) is 0 Å². The van der Waals surface area contributed by atoms with Crippen LogP contribution in [0.1, 0.15) is 20.8 Å². The van der Waals surface area contributed by atoms with Crippen LogP contribution in [0.3, 0.4) is 0 Å². The van der Waals surface area contributed by atoms with Crippen molar-refractivity contribution in [3.8, 4) is 5.75 Å². The molecule has 0 unspecified atom stereocenters. The van der Waals surface area contributed by atoms with Crippen molar-refractivity contribution >= 4 is 5.69 Å². The average molecular weight is 225 g/mol. The fourth-order valence-electron chi connectivity index (χ4n) is 1.58. The first-order valence-corrected chi connectivity index (χ1v) is 5.59. The van der Waals surface area contributed by atoms with Gasteiger partial charge in [-0.1, -0.05) is 0 Å². The normalized spacial score (nSPS) is 10.2. The lowest BCUT2D eigenvalue weighted by molar-refractivity contribution is 0.331. The average Bonchev–Trinajstić information content (AvgIpc) is 2.29. The van der Waals surface area contributed by atoms with Gasteiger partial charge < -0.3 is 9.64 Å². The molecule has 0 aromatic carbocycles. The molecule has 90 valence electrons. The molecule has 1 heterocycles. The lowest BCUT2D eigenvalue weighted by Crippen LogP contribution is -2.29. The zero-order valence-corrected chi connectivity index (χ0v) is 10.4. The molecule has 0 N–H and O–H groups in total. The summed E-state index contributed by atoms with van der Waals surface area (Å²) in [6.07, 6.45) is 1.68. The van der Waals surface area contributed by atoms with Crippen molar-refractivity contribution in [2.45, 2.75) is 20.8 Å². The Hall–Kier alpha value is -1.52. The summed E-state index contributed by atoms with van der Waals surface area (Å²) in [5, 5.41) is 4.02. The number of ether oxygens (including phenoxy) is 1. The van der Waals surface area contributed by atoms with Crippen molar-refractivity contribution in [1.29, 1.82) is 0 Å². The topological polar surface area (TPSA) is 47.4 Å². The highest BCUT2D eigenvalue weighted by Gasteiger charge is 2.14. The van der Waals surface area contributed by atoms with E-state index < -0.39 is 0 Å². The van der Waals surface area contributed by atoms with Gasteiger partial charge in [-0.2, -0.15) is 5.10 Å². The predicted octanol–water partition coefficient (Wildman–Crippen LogP) is 1.03. The largest absolute Gasteiger partial charge is 0.487 e. The van der Waals surface area contributed by atoms with Crippen LogP contribution in [0.25, 0.3) is 0 Å². The predicted molar refractivity (Wildman–Crippen MR) is 64.2 cm³/mol. The molecule has 0 atom stereocenters. The maximum atomic E-state index is 11.9. The van der Waals surface area contributed by atoms with Gasteiger partial charge in [0.1, 0.15) is 5.69 Å². The second-order valence-electron chi connectivity index (χ2n) is 3.39. The van der Waals surface area contributed by atoms with Crippen LogP contribution in [0.5, 0.6) is 5.75 Å². The van der Waals surface area contributed by atoms with E-state index in [9.17, 15) is 4.79 Å². The Morgan fingerprint density at radius 3 is 2.50 bits per heavy atom. The van der Waals surface area contributed by atoms with E-state index in [1.807, 2.05) is 20.8 Å². The minimum Gasteiger partial charge on any atom is -0.487 e. The van der Waals surface area contributed by atoms with Crippen molar-refractivity contribution in [3.63, 3.8) is 0 Å². The monoisotopic (exact) mass is 225 g/mol. The van der Waals surface area contributed by atoms with Crippen LogP contribution in [0.4, 0.5) is 5.69 Å². The lowest BCUT2D eigenvalue weighted by Gasteiger charge is -2.22. The van der Waals surface area contributed by atoms with Gasteiger partial charge >= 0.3 is 5.56 Å². The lowest BCUT2D eigenvalue weighted by atomic mass is 10.3. The van der Waals surface area contributed by atoms with Crippen LogP contribution in [-0.2, 0) is 7.05 Å². The van der Waals surface area contributed by atoms with E-state index in [2.05, 4.69) is 10.00 Å². The molecule has 16 heavy (non-hydrogen) atoms. The summed E-state index contributed by atoms with van der Waals surface area (Å²) >= 11 is 0. The van der Waals surface area contributed by atoms with E-state index in [4.69, 9.17) is 4.74 Å². The van der Waals surface area contributed by atoms with Crippen LogP contribution >= 0.6 is 0 Å². The fraction of sp³-hybridized carbons (Fsp3) is 0.636. The summed E-state index contributed by atoms with van der Waals surface area (Å²) in [4.78, 5) is 13.9. The molecule has 0 saturated heterocycles. The molecule has 0 fully saturated rings. The number of rotatable bonds is 5. The highest BCUT2D eigenvalue weighted by atomic mass is 16.5. The van der Waals surface area contributed by atoms with E-state index in [0.717, 1.165) is 18.8 Å². The minimum absolute atomic E-state index is 0.189. The third-order valence-corrected chi connectivity index (χ3v) is 2.47. The molecule has 1 aromatic heterocycles. The molecule has 1 aromatic rings. The standard InChI is InChI=1S/C11H19N3O2/c1-5-14(6-2)9-8-12-13(4)11(15)10(9)16-7-3/h8H,5-7H2,1-4H3. The summed E-state index contributed by atoms with van der Waals surface area (Å²) in [6.45, 7) is 8.07. The van der Waals surface area contributed by atoms with Gasteiger partial charge in [-0.25, -0.2) is 4.68 Å². The molecule has 0 aliphatic heterocycles. The zero-order chi connectivity index (χ0) is 12.1. The van der Waals surface area contributed by atoms with Gasteiger partial charge in [0, 0.05) is 20.1 Å². The van der Waals surface area contributed by atoms with Crippen molar-refractivity contribution < 1.29 is 4.74 Å². The Bertz CT molecular complexity index is 397. The summed E-state index contributed by atoms with van der Waals surface area (Å²) in [7, 11) is 1.62. The quantitative estimate of drug-likeness (QED) is 0.750. The van der Waals surface area contributed by atoms with Gasteiger partial charge in [-0.05, 0) is 20.8 Å². The van der Waals surface area contributed by atoms with E-state index >= 15 is 0 Å². The zero-order valence-electron chi connectivity index (χ0n) is 10.4. The smallest absolute Gasteiger partial charge is 0.310 e. The van der Waals surface area contributed by atoms with Crippen LogP contribution in [-0.4, -0.2) is 29.5 Å². The van der Waals surface area contributed by atoms with Crippen LogP contribution in [0.15, 0.2) is 11.0 Å². The maximum Gasteiger partial charge on any atom is 0.310 e. The van der Waals surface area contributed by atoms with Crippen molar-refractivity contribution in [3.05, 3.63) is 16.6 Å². The molecular weight excluding hydrogens is 206 g/mol. The molecular formula is C11H19N3O2. The first kappa shape index (κ1) is 12.5. The molecule has 0 aliphatic carbocycles. The van der Waals surface area contributed by atoms with Crippen molar-refractivity contribution in [2.75, 3.05) is 24.6 Å². The van der Waals surface area contributed by atoms with Crippen molar-refractivity contribution in [2.24, 2.45) is 7.05 Å². The van der Waals surface area contributed by atoms with E-state index in [1.54, 1.807) is 13.2 Å². The summed E-state index contributed by atoms with van der Waals surface area (Å²) in [6, 6.07) is 0. The molecule has 0 aliphatic rings. The Balaban J connectivity index is 3.27. The number of aryl methyl sites for hydroxylation is 1. The van der Waals surface area contributed by atoms with Crippen LogP contribution in [0, 0.1) is 0 Å². The van der Waals surface area contributed by atoms with Crippen LogP contribution < -0.4 is 15.2 Å². The second kappa shape index (κ2) is 5.53. The molecule has 5 nitrogen and oxygen atoms in total. The molecule has 0 radical (unpaired) electrons. The Labute approximate surface area is 95.6 Å². The fourth-order valence-corrected chi connectivity index (χ4v) is 1.58. The van der Waals surface area contributed by atoms with Crippen molar-refractivity contribution in [1.82, 2.24) is 9.78 Å². The molecule has 1 rings (SSSR count). The highest BCUT2D eigenvalue weighted by Crippen LogP contribution is 2.22. The molecule has 0 saturated carbocycles. The third-order valence-electron chi connectivity index (χ3n) is 2.47. The maximum absolute atomic E-state index is 11.9. The van der Waals surface area contributed by atoms with E-state index in [-0.39, 0.29) is 5.56 Å². The summed E-state index contributed by atoms with van der Waals surface area (Å²) < 4.78 is 6.71. The molecule has 5 heteroatoms. The summed E-state index contributed by atoms with van der Waals surface area (Å²) in [5.74, 6) is 0.392. The van der Waals surface area contributed by atoms with Gasteiger partial charge in [0.2, 0.25) is 5.75 Å².